The van der Waals surface area contributed by atoms with E-state index in [2.05, 4.69) is 6.92 Å². The van der Waals surface area contributed by atoms with E-state index in [-0.39, 0.29) is 6.54 Å². The van der Waals surface area contributed by atoms with E-state index < -0.39 is 5.97 Å². The summed E-state index contributed by atoms with van der Waals surface area (Å²) in [5, 5.41) is 10.3. The molecule has 4 heteroatoms. The Bertz CT molecular complexity index is 281. The highest BCUT2D eigenvalue weighted by Gasteiger charge is 2.02. The largest absolute Gasteiger partial charge is 0.546 e. The Balaban J connectivity index is 2.48. The van der Waals surface area contributed by atoms with Gasteiger partial charge in [0.1, 0.15) is 18.9 Å². The predicted octanol–water partition coefficient (Wildman–Crippen LogP) is -0.674. The van der Waals surface area contributed by atoms with Crippen molar-refractivity contribution in [1.29, 1.82) is 0 Å². The van der Waals surface area contributed by atoms with Gasteiger partial charge in [-0.25, -0.2) is 9.13 Å². The summed E-state index contributed by atoms with van der Waals surface area (Å²) < 4.78 is 3.58. The van der Waals surface area contributed by atoms with Crippen molar-refractivity contribution in [2.24, 2.45) is 0 Å². The highest BCUT2D eigenvalue weighted by atomic mass is 16.4. The second kappa shape index (κ2) is 4.64. The standard InChI is InChI=1S/C9H14N2O2/c1-2-3-4-10-5-6-11(8-10)7-9(12)13/h5-6,8H,2-4,7H2,1H3. The minimum atomic E-state index is -1.06. The Labute approximate surface area is 77.4 Å². The van der Waals surface area contributed by atoms with Crippen LogP contribution in [-0.2, 0) is 17.9 Å². The van der Waals surface area contributed by atoms with Crippen LogP contribution in [-0.4, -0.2) is 10.5 Å². The van der Waals surface area contributed by atoms with Crippen molar-refractivity contribution < 1.29 is 14.5 Å². The first kappa shape index (κ1) is 9.77. The van der Waals surface area contributed by atoms with E-state index in [1.54, 1.807) is 17.1 Å². The zero-order valence-corrected chi connectivity index (χ0v) is 7.77. The van der Waals surface area contributed by atoms with Crippen LogP contribution in [0.15, 0.2) is 18.7 Å². The van der Waals surface area contributed by atoms with Crippen LogP contribution in [0.1, 0.15) is 19.8 Å². The van der Waals surface area contributed by atoms with Gasteiger partial charge < -0.3 is 9.90 Å². The Morgan fingerprint density at radius 2 is 2.38 bits per heavy atom. The quantitative estimate of drug-likeness (QED) is 0.567. The molecule has 1 aromatic rings. The molecule has 0 aliphatic heterocycles. The molecule has 4 nitrogen and oxygen atoms in total. The number of nitrogens with zero attached hydrogens (tertiary/aromatic N) is 2. The summed E-state index contributed by atoms with van der Waals surface area (Å²) in [6, 6.07) is 0. The molecule has 0 saturated carbocycles. The molecule has 0 fully saturated rings. The Kier molecular flexibility index (Phi) is 3.49. The summed E-state index contributed by atoms with van der Waals surface area (Å²) in [4.78, 5) is 10.3. The molecule has 0 spiro atoms. The summed E-state index contributed by atoms with van der Waals surface area (Å²) in [7, 11) is 0. The summed E-state index contributed by atoms with van der Waals surface area (Å²) in [5.41, 5.74) is 0. The van der Waals surface area contributed by atoms with E-state index in [0.29, 0.717) is 0 Å². The molecule has 0 aliphatic carbocycles. The number of rotatable bonds is 5. The van der Waals surface area contributed by atoms with Crippen LogP contribution < -0.4 is 9.67 Å². The van der Waals surface area contributed by atoms with E-state index in [9.17, 15) is 9.90 Å². The van der Waals surface area contributed by atoms with E-state index >= 15 is 0 Å². The van der Waals surface area contributed by atoms with Crippen molar-refractivity contribution >= 4 is 5.97 Å². The molecule has 0 aromatic carbocycles. The number of carbonyl (C=O) groups excluding carboxylic acids is 1. The molecule has 1 heterocycles. The fourth-order valence-electron chi connectivity index (χ4n) is 1.15. The predicted molar refractivity (Wildman–Crippen MR) is 44.5 cm³/mol. The number of hydrogen-bond donors (Lipinski definition) is 0. The maximum absolute atomic E-state index is 10.3. The molecule has 1 rings (SSSR count). The lowest BCUT2D eigenvalue weighted by Crippen LogP contribution is -2.42. The zero-order chi connectivity index (χ0) is 9.68. The van der Waals surface area contributed by atoms with Crippen LogP contribution >= 0.6 is 0 Å². The number of carboxylic acid groups (broad SMARTS) is 1. The van der Waals surface area contributed by atoms with Crippen LogP contribution in [0.25, 0.3) is 0 Å². The average molecular weight is 182 g/mol. The van der Waals surface area contributed by atoms with Crippen molar-refractivity contribution in [3.05, 3.63) is 18.7 Å². The minimum Gasteiger partial charge on any atom is -0.546 e. The SMILES string of the molecule is CCCCn1cc[n+](CC(=O)[O-])c1. The first-order valence-corrected chi connectivity index (χ1v) is 4.47. The molecule has 0 atom stereocenters. The molecular weight excluding hydrogens is 168 g/mol. The van der Waals surface area contributed by atoms with Gasteiger partial charge in [0.15, 0.2) is 0 Å². The van der Waals surface area contributed by atoms with Crippen LogP contribution in [0.3, 0.4) is 0 Å². The number of aromatic nitrogens is 2. The third kappa shape index (κ3) is 3.27. The number of aliphatic carboxylic acids is 1. The molecule has 13 heavy (non-hydrogen) atoms. The van der Waals surface area contributed by atoms with Gasteiger partial charge in [-0.05, 0) is 6.42 Å². The van der Waals surface area contributed by atoms with Gasteiger partial charge in [-0.1, -0.05) is 13.3 Å². The highest BCUT2D eigenvalue weighted by Crippen LogP contribution is 1.92. The number of aryl methyl sites for hydroxylation is 1. The topological polar surface area (TPSA) is 48.9 Å². The molecule has 0 radical (unpaired) electrons. The number of carbonyl (C=O) groups is 1. The van der Waals surface area contributed by atoms with Gasteiger partial charge in [0.25, 0.3) is 0 Å². The van der Waals surface area contributed by atoms with Crippen molar-refractivity contribution in [3.8, 4) is 0 Å². The van der Waals surface area contributed by atoms with Gasteiger partial charge in [-0.2, -0.15) is 0 Å². The van der Waals surface area contributed by atoms with Crippen LogP contribution in [0.5, 0.6) is 0 Å². The van der Waals surface area contributed by atoms with Crippen LogP contribution in [0.4, 0.5) is 0 Å². The third-order valence-electron chi connectivity index (χ3n) is 1.83. The monoisotopic (exact) mass is 182 g/mol. The lowest BCUT2D eigenvalue weighted by molar-refractivity contribution is -0.690. The van der Waals surface area contributed by atoms with E-state index in [1.807, 2.05) is 10.8 Å². The Morgan fingerprint density at radius 1 is 1.62 bits per heavy atom. The van der Waals surface area contributed by atoms with Gasteiger partial charge in [-0.3, -0.25) is 0 Å². The average Bonchev–Trinajstić information content (AvgIpc) is 2.48. The smallest absolute Gasteiger partial charge is 0.244 e. The summed E-state index contributed by atoms with van der Waals surface area (Å²) in [5.74, 6) is -1.06. The molecular formula is C9H14N2O2. The minimum absolute atomic E-state index is 0.0703. The fraction of sp³-hybridized carbons (Fsp3) is 0.556. The molecule has 0 aliphatic rings. The second-order valence-corrected chi connectivity index (χ2v) is 3.05. The van der Waals surface area contributed by atoms with Gasteiger partial charge in [-0.15, -0.1) is 0 Å². The summed E-state index contributed by atoms with van der Waals surface area (Å²) in [6.07, 6.45) is 7.65. The molecule has 0 saturated heterocycles. The molecule has 1 aromatic heterocycles. The lowest BCUT2D eigenvalue weighted by atomic mass is 10.3. The van der Waals surface area contributed by atoms with Gasteiger partial charge in [0.05, 0.1) is 12.5 Å². The number of unbranched alkanes of at least 4 members (excludes halogenated alkanes) is 1. The number of carboxylic acids is 1. The van der Waals surface area contributed by atoms with Crippen LogP contribution in [0.2, 0.25) is 0 Å². The fourth-order valence-corrected chi connectivity index (χ4v) is 1.15. The van der Waals surface area contributed by atoms with Gasteiger partial charge in [0.2, 0.25) is 6.33 Å². The summed E-state index contributed by atoms with van der Waals surface area (Å²) >= 11 is 0. The van der Waals surface area contributed by atoms with Crippen molar-refractivity contribution in [2.75, 3.05) is 0 Å². The molecule has 72 valence electrons. The maximum atomic E-state index is 10.3. The highest BCUT2D eigenvalue weighted by molar-refractivity contribution is 5.62. The van der Waals surface area contributed by atoms with Crippen molar-refractivity contribution in [2.45, 2.75) is 32.9 Å². The molecule has 0 bridgehead atoms. The van der Waals surface area contributed by atoms with Crippen molar-refractivity contribution in [3.63, 3.8) is 0 Å². The first-order chi connectivity index (χ1) is 6.22. The lowest BCUT2D eigenvalue weighted by Gasteiger charge is -1.96. The Morgan fingerprint density at radius 3 is 3.00 bits per heavy atom. The van der Waals surface area contributed by atoms with E-state index in [1.165, 1.54) is 0 Å². The normalized spacial score (nSPS) is 10.2. The van der Waals surface area contributed by atoms with Gasteiger partial charge >= 0.3 is 0 Å². The van der Waals surface area contributed by atoms with Crippen molar-refractivity contribution in [1.82, 2.24) is 4.57 Å². The molecule has 0 N–H and O–H groups in total. The second-order valence-electron chi connectivity index (χ2n) is 3.05. The van der Waals surface area contributed by atoms with E-state index in [4.69, 9.17) is 0 Å². The third-order valence-corrected chi connectivity index (χ3v) is 1.83. The summed E-state index contributed by atoms with van der Waals surface area (Å²) in [6.45, 7) is 2.99. The Hall–Kier alpha value is -1.32. The van der Waals surface area contributed by atoms with E-state index in [0.717, 1.165) is 19.4 Å². The first-order valence-electron chi connectivity index (χ1n) is 4.47. The van der Waals surface area contributed by atoms with Crippen LogP contribution in [0, 0.1) is 0 Å². The number of imidazole rings is 1. The molecule has 0 unspecified atom stereocenters. The number of hydrogen-bond acceptors (Lipinski definition) is 2. The maximum Gasteiger partial charge on any atom is 0.244 e. The molecule has 0 amide bonds. The van der Waals surface area contributed by atoms with Gasteiger partial charge in [0, 0.05) is 0 Å². The zero-order valence-electron chi connectivity index (χ0n) is 7.77.